The Balaban J connectivity index is 1.88. The third-order valence-electron chi connectivity index (χ3n) is 3.92. The lowest BCUT2D eigenvalue weighted by Gasteiger charge is -2.41. The van der Waals surface area contributed by atoms with Gasteiger partial charge in [-0.15, -0.1) is 0 Å². The Bertz CT molecular complexity index is 168. The molecule has 0 aliphatic heterocycles. The van der Waals surface area contributed by atoms with Gasteiger partial charge in [-0.25, -0.2) is 5.11 Å². The second kappa shape index (κ2) is 5.13. The zero-order valence-electron chi connectivity index (χ0n) is 8.91. The minimum atomic E-state index is -0.0755. The van der Waals surface area contributed by atoms with Crippen molar-refractivity contribution in [3.05, 3.63) is 0 Å². The maximum Gasteiger partial charge on any atom is 0.106 e. The lowest BCUT2D eigenvalue weighted by atomic mass is 9.69. The van der Waals surface area contributed by atoms with E-state index in [2.05, 4.69) is 0 Å². The molecule has 0 amide bonds. The van der Waals surface area contributed by atoms with Crippen molar-refractivity contribution in [1.29, 1.82) is 0 Å². The van der Waals surface area contributed by atoms with Gasteiger partial charge in [0, 0.05) is 0 Å². The van der Waals surface area contributed by atoms with Crippen molar-refractivity contribution in [3.63, 3.8) is 0 Å². The summed E-state index contributed by atoms with van der Waals surface area (Å²) < 4.78 is 5.69. The molecular formula is C12H21O2. The fourth-order valence-electron chi connectivity index (χ4n) is 3.29. The standard InChI is InChI=1S/C12H21O2/c13-8-9-14-12-7-3-5-10-4-1-2-6-11(10)12/h10-12H,1-9H2. The fourth-order valence-corrected chi connectivity index (χ4v) is 3.29. The van der Waals surface area contributed by atoms with Crippen LogP contribution in [0.15, 0.2) is 0 Å². The van der Waals surface area contributed by atoms with Crippen molar-refractivity contribution >= 4 is 0 Å². The minimum Gasteiger partial charge on any atom is -0.375 e. The summed E-state index contributed by atoms with van der Waals surface area (Å²) >= 11 is 0. The highest BCUT2D eigenvalue weighted by atomic mass is 16.5. The number of rotatable bonds is 3. The molecule has 2 nitrogen and oxygen atoms in total. The lowest BCUT2D eigenvalue weighted by Crippen LogP contribution is -2.36. The topological polar surface area (TPSA) is 29.1 Å². The molecule has 2 aliphatic rings. The average Bonchev–Trinajstić information content (AvgIpc) is 2.26. The minimum absolute atomic E-state index is 0.0755. The van der Waals surface area contributed by atoms with E-state index in [0.717, 1.165) is 11.8 Å². The molecule has 2 fully saturated rings. The van der Waals surface area contributed by atoms with E-state index in [9.17, 15) is 5.11 Å². The maximum absolute atomic E-state index is 10.4. The molecule has 2 aliphatic carbocycles. The second-order valence-corrected chi connectivity index (χ2v) is 4.75. The fraction of sp³-hybridized carbons (Fsp3) is 1.00. The largest absolute Gasteiger partial charge is 0.375 e. The van der Waals surface area contributed by atoms with E-state index in [1.54, 1.807) is 0 Å². The van der Waals surface area contributed by atoms with Crippen molar-refractivity contribution in [1.82, 2.24) is 0 Å². The van der Waals surface area contributed by atoms with Gasteiger partial charge in [-0.05, 0) is 31.1 Å². The Morgan fingerprint density at radius 1 is 1.00 bits per heavy atom. The van der Waals surface area contributed by atoms with Crippen molar-refractivity contribution in [2.45, 2.75) is 51.0 Å². The molecule has 0 aromatic rings. The SMILES string of the molecule is [O]CCOC1CCCC2CCCCC21. The molecule has 3 atom stereocenters. The maximum atomic E-state index is 10.4. The second-order valence-electron chi connectivity index (χ2n) is 4.75. The first-order valence-electron chi connectivity index (χ1n) is 6.11. The zero-order chi connectivity index (χ0) is 9.80. The molecule has 2 saturated carbocycles. The molecule has 0 saturated heterocycles. The van der Waals surface area contributed by atoms with Gasteiger partial charge in [-0.3, -0.25) is 0 Å². The molecule has 0 heterocycles. The molecule has 0 spiro atoms. The van der Waals surface area contributed by atoms with E-state index in [-0.39, 0.29) is 6.61 Å². The summed E-state index contributed by atoms with van der Waals surface area (Å²) in [4.78, 5) is 0. The van der Waals surface area contributed by atoms with Gasteiger partial charge in [0.2, 0.25) is 0 Å². The third-order valence-corrected chi connectivity index (χ3v) is 3.92. The van der Waals surface area contributed by atoms with Crippen LogP contribution in [0.1, 0.15) is 44.9 Å². The zero-order valence-corrected chi connectivity index (χ0v) is 8.91. The van der Waals surface area contributed by atoms with Crippen molar-refractivity contribution < 1.29 is 9.84 Å². The molecule has 1 radical (unpaired) electrons. The van der Waals surface area contributed by atoms with Crippen LogP contribution in [0.5, 0.6) is 0 Å². The van der Waals surface area contributed by atoms with Crippen molar-refractivity contribution in [2.24, 2.45) is 11.8 Å². The number of hydrogen-bond acceptors (Lipinski definition) is 1. The van der Waals surface area contributed by atoms with Gasteiger partial charge >= 0.3 is 0 Å². The van der Waals surface area contributed by atoms with Crippen LogP contribution in [0.25, 0.3) is 0 Å². The lowest BCUT2D eigenvalue weighted by molar-refractivity contribution is -0.0625. The van der Waals surface area contributed by atoms with Crippen LogP contribution in [0.3, 0.4) is 0 Å². The molecule has 2 heteroatoms. The Labute approximate surface area is 86.6 Å². The molecule has 14 heavy (non-hydrogen) atoms. The normalized spacial score (nSPS) is 37.9. The van der Waals surface area contributed by atoms with Crippen LogP contribution < -0.4 is 0 Å². The van der Waals surface area contributed by atoms with Crippen LogP contribution >= 0.6 is 0 Å². The monoisotopic (exact) mass is 197 g/mol. The van der Waals surface area contributed by atoms with E-state index in [1.165, 1.54) is 44.9 Å². The van der Waals surface area contributed by atoms with Crippen LogP contribution in [-0.4, -0.2) is 19.3 Å². The van der Waals surface area contributed by atoms with Gasteiger partial charge in [-0.1, -0.05) is 25.7 Å². The first-order valence-corrected chi connectivity index (χ1v) is 6.11. The number of hydrogen-bond donors (Lipinski definition) is 0. The van der Waals surface area contributed by atoms with Crippen LogP contribution in [0.4, 0.5) is 0 Å². The summed E-state index contributed by atoms with van der Waals surface area (Å²) in [6, 6.07) is 0. The summed E-state index contributed by atoms with van der Waals surface area (Å²) in [5, 5.41) is 10.4. The molecular weight excluding hydrogens is 176 g/mol. The van der Waals surface area contributed by atoms with Crippen molar-refractivity contribution in [2.75, 3.05) is 13.2 Å². The molecule has 0 aromatic heterocycles. The Hall–Kier alpha value is -0.0800. The summed E-state index contributed by atoms with van der Waals surface area (Å²) in [5.74, 6) is 1.69. The average molecular weight is 197 g/mol. The van der Waals surface area contributed by atoms with Crippen LogP contribution in [0, 0.1) is 11.8 Å². The summed E-state index contributed by atoms with van der Waals surface area (Å²) in [5.41, 5.74) is 0. The smallest absolute Gasteiger partial charge is 0.106 e. The van der Waals surface area contributed by atoms with E-state index < -0.39 is 0 Å². The van der Waals surface area contributed by atoms with Gasteiger partial charge in [0.1, 0.15) is 6.61 Å². The predicted molar refractivity (Wildman–Crippen MR) is 54.6 cm³/mol. The van der Waals surface area contributed by atoms with E-state index in [0.29, 0.717) is 12.7 Å². The number of ether oxygens (including phenoxy) is 1. The first-order chi connectivity index (χ1) is 6.92. The molecule has 0 N–H and O–H groups in total. The van der Waals surface area contributed by atoms with Gasteiger partial charge in [0.25, 0.3) is 0 Å². The van der Waals surface area contributed by atoms with E-state index in [1.807, 2.05) is 0 Å². The first kappa shape index (κ1) is 10.4. The van der Waals surface area contributed by atoms with Crippen LogP contribution in [0.2, 0.25) is 0 Å². The van der Waals surface area contributed by atoms with Crippen LogP contribution in [-0.2, 0) is 9.84 Å². The Morgan fingerprint density at radius 2 is 1.79 bits per heavy atom. The molecule has 0 aromatic carbocycles. The summed E-state index contributed by atoms with van der Waals surface area (Å²) in [6.07, 6.45) is 9.86. The van der Waals surface area contributed by atoms with Gasteiger partial charge in [0.15, 0.2) is 0 Å². The van der Waals surface area contributed by atoms with Crippen molar-refractivity contribution in [3.8, 4) is 0 Å². The summed E-state index contributed by atoms with van der Waals surface area (Å²) in [7, 11) is 0. The molecule has 0 bridgehead atoms. The molecule has 3 unspecified atom stereocenters. The van der Waals surface area contributed by atoms with Gasteiger partial charge in [-0.2, -0.15) is 0 Å². The predicted octanol–water partition coefficient (Wildman–Crippen LogP) is 2.79. The highest BCUT2D eigenvalue weighted by Gasteiger charge is 2.35. The highest BCUT2D eigenvalue weighted by Crippen LogP contribution is 2.41. The highest BCUT2D eigenvalue weighted by molar-refractivity contribution is 4.85. The summed E-state index contributed by atoms with van der Waals surface area (Å²) in [6.45, 7) is 0.349. The molecule has 81 valence electrons. The van der Waals surface area contributed by atoms with E-state index >= 15 is 0 Å². The van der Waals surface area contributed by atoms with E-state index in [4.69, 9.17) is 4.74 Å². The molecule has 2 rings (SSSR count). The third kappa shape index (κ3) is 2.29. The Morgan fingerprint density at radius 3 is 2.64 bits per heavy atom. The van der Waals surface area contributed by atoms with Gasteiger partial charge in [0.05, 0.1) is 12.7 Å². The van der Waals surface area contributed by atoms with Gasteiger partial charge < -0.3 is 4.74 Å². The number of fused-ring (bicyclic) bond motifs is 1. The Kier molecular flexibility index (Phi) is 3.82. The quantitative estimate of drug-likeness (QED) is 0.684.